The zero-order valence-electron chi connectivity index (χ0n) is 6.16. The fourth-order valence-corrected chi connectivity index (χ4v) is 0.754. The van der Waals surface area contributed by atoms with E-state index in [1.165, 1.54) is 0 Å². The molecule has 1 rings (SSSR count). The summed E-state index contributed by atoms with van der Waals surface area (Å²) in [6.07, 6.45) is 0. The molecule has 0 unspecified atom stereocenters. The molecule has 0 bridgehead atoms. The Bertz CT molecular complexity index is 240. The first-order valence-corrected chi connectivity index (χ1v) is 3.00. The number of hydrogen-bond acceptors (Lipinski definition) is 3. The zero-order valence-corrected chi connectivity index (χ0v) is 6.98. The summed E-state index contributed by atoms with van der Waals surface area (Å²) in [4.78, 5) is 0. The summed E-state index contributed by atoms with van der Waals surface area (Å²) >= 11 is 0. The minimum Gasteiger partial charge on any atom is -0.506 e. The minimum atomic E-state index is 0. The predicted molar refractivity (Wildman–Crippen MR) is 49.3 cm³/mol. The van der Waals surface area contributed by atoms with Crippen LogP contribution in [-0.2, 0) is 0 Å². The summed E-state index contributed by atoms with van der Waals surface area (Å²) in [7, 11) is 1.73. The van der Waals surface area contributed by atoms with Crippen LogP contribution in [0.4, 0.5) is 11.4 Å². The smallest absolute Gasteiger partial charge is 0.138 e. The number of rotatable bonds is 1. The number of benzene rings is 1. The highest BCUT2D eigenvalue weighted by Gasteiger charge is 1.96. The van der Waals surface area contributed by atoms with E-state index >= 15 is 0 Å². The molecule has 0 fully saturated rings. The molecule has 3 nitrogen and oxygen atoms in total. The highest BCUT2D eigenvalue weighted by atomic mass is 35.5. The first-order chi connectivity index (χ1) is 4.74. The molecule has 62 valence electrons. The summed E-state index contributed by atoms with van der Waals surface area (Å²) in [5.41, 5.74) is 6.75. The van der Waals surface area contributed by atoms with E-state index in [0.717, 1.165) is 0 Å². The maximum atomic E-state index is 9.12. The van der Waals surface area contributed by atoms with E-state index in [1.807, 2.05) is 0 Å². The van der Waals surface area contributed by atoms with Gasteiger partial charge in [0.05, 0.1) is 5.69 Å². The summed E-state index contributed by atoms with van der Waals surface area (Å²) in [6, 6.07) is 4.88. The fraction of sp³-hybridized carbons (Fsp3) is 0.143. The van der Waals surface area contributed by atoms with Gasteiger partial charge in [-0.3, -0.25) is 0 Å². The van der Waals surface area contributed by atoms with Crippen LogP contribution in [0.25, 0.3) is 0 Å². The van der Waals surface area contributed by atoms with Gasteiger partial charge in [-0.25, -0.2) is 0 Å². The Morgan fingerprint density at radius 1 is 1.45 bits per heavy atom. The number of hydrogen-bond donors (Lipinski definition) is 3. The number of nitrogens with two attached hydrogens (primary N) is 1. The van der Waals surface area contributed by atoms with Crippen molar-refractivity contribution in [1.82, 2.24) is 0 Å². The van der Waals surface area contributed by atoms with Gasteiger partial charge in [0.25, 0.3) is 0 Å². The van der Waals surface area contributed by atoms with Crippen LogP contribution >= 0.6 is 12.4 Å². The Kier molecular flexibility index (Phi) is 3.54. The number of nitrogens with one attached hydrogen (secondary N) is 1. The molecule has 0 aromatic heterocycles. The maximum absolute atomic E-state index is 9.12. The third kappa shape index (κ3) is 2.20. The summed E-state index contributed by atoms with van der Waals surface area (Å²) in [5, 5.41) is 11.9. The monoisotopic (exact) mass is 174 g/mol. The van der Waals surface area contributed by atoms with Gasteiger partial charge in [-0.05, 0) is 18.2 Å². The van der Waals surface area contributed by atoms with Gasteiger partial charge in [-0.2, -0.15) is 0 Å². The zero-order chi connectivity index (χ0) is 7.56. The van der Waals surface area contributed by atoms with Gasteiger partial charge in [0.1, 0.15) is 5.75 Å². The molecule has 0 radical (unpaired) electrons. The molecule has 1 aromatic rings. The van der Waals surface area contributed by atoms with E-state index < -0.39 is 0 Å². The number of aromatic hydroxyl groups is 1. The first-order valence-electron chi connectivity index (χ1n) is 3.00. The van der Waals surface area contributed by atoms with Crippen molar-refractivity contribution >= 4 is 23.8 Å². The molecule has 0 heterocycles. The maximum Gasteiger partial charge on any atom is 0.138 e. The Hall–Kier alpha value is -1.09. The molecule has 4 N–H and O–H groups in total. The lowest BCUT2D eigenvalue weighted by Crippen LogP contribution is -1.90. The summed E-state index contributed by atoms with van der Waals surface area (Å²) in [5.74, 6) is 0.219. The van der Waals surface area contributed by atoms with Crippen LogP contribution in [0.3, 0.4) is 0 Å². The van der Waals surface area contributed by atoms with Crippen LogP contribution in [0.2, 0.25) is 0 Å². The molecule has 0 aliphatic carbocycles. The Balaban J connectivity index is 0.000001000. The summed E-state index contributed by atoms with van der Waals surface area (Å²) in [6.45, 7) is 0. The van der Waals surface area contributed by atoms with Crippen LogP contribution < -0.4 is 11.1 Å². The van der Waals surface area contributed by atoms with Crippen LogP contribution in [0.5, 0.6) is 5.75 Å². The molecule has 0 aliphatic rings. The largest absolute Gasteiger partial charge is 0.506 e. The lowest BCUT2D eigenvalue weighted by Gasteiger charge is -2.02. The van der Waals surface area contributed by atoms with Crippen molar-refractivity contribution in [3.63, 3.8) is 0 Å². The normalized spacial score (nSPS) is 8.45. The molecular formula is C7H11ClN2O. The topological polar surface area (TPSA) is 58.3 Å². The average Bonchev–Trinajstić information content (AvgIpc) is 1.94. The fourth-order valence-electron chi connectivity index (χ4n) is 0.754. The Morgan fingerprint density at radius 2 is 2.09 bits per heavy atom. The van der Waals surface area contributed by atoms with E-state index in [1.54, 1.807) is 25.2 Å². The second kappa shape index (κ2) is 3.93. The van der Waals surface area contributed by atoms with E-state index in [-0.39, 0.29) is 18.2 Å². The minimum absolute atomic E-state index is 0. The predicted octanol–water partition coefficient (Wildman–Crippen LogP) is 1.44. The van der Waals surface area contributed by atoms with E-state index in [2.05, 4.69) is 5.32 Å². The quantitative estimate of drug-likeness (QED) is 0.343. The molecule has 0 saturated carbocycles. The van der Waals surface area contributed by atoms with Crippen LogP contribution in [0, 0.1) is 0 Å². The van der Waals surface area contributed by atoms with Gasteiger partial charge in [0, 0.05) is 12.7 Å². The van der Waals surface area contributed by atoms with Crippen molar-refractivity contribution in [2.75, 3.05) is 18.1 Å². The number of phenols is 1. The second-order valence-corrected chi connectivity index (χ2v) is 2.03. The van der Waals surface area contributed by atoms with Crippen molar-refractivity contribution in [2.24, 2.45) is 0 Å². The Morgan fingerprint density at radius 3 is 2.55 bits per heavy atom. The van der Waals surface area contributed by atoms with Crippen molar-refractivity contribution in [3.05, 3.63) is 18.2 Å². The van der Waals surface area contributed by atoms with Crippen molar-refractivity contribution in [1.29, 1.82) is 0 Å². The van der Waals surface area contributed by atoms with E-state index in [0.29, 0.717) is 11.4 Å². The first kappa shape index (κ1) is 9.91. The Labute approximate surface area is 71.6 Å². The molecule has 11 heavy (non-hydrogen) atoms. The van der Waals surface area contributed by atoms with Gasteiger partial charge < -0.3 is 16.2 Å². The standard InChI is InChI=1S/C7H10N2O.ClH/c1-9-6-4-5(8)2-3-7(6)10;/h2-4,9-10H,8H2,1H3;1H. The van der Waals surface area contributed by atoms with Crippen molar-refractivity contribution in [3.8, 4) is 5.75 Å². The molecule has 0 atom stereocenters. The molecule has 4 heteroatoms. The third-order valence-corrected chi connectivity index (χ3v) is 1.29. The summed E-state index contributed by atoms with van der Waals surface area (Å²) < 4.78 is 0. The number of halogens is 1. The highest BCUT2D eigenvalue weighted by molar-refractivity contribution is 5.85. The highest BCUT2D eigenvalue weighted by Crippen LogP contribution is 2.23. The molecule has 0 aliphatic heterocycles. The van der Waals surface area contributed by atoms with Gasteiger partial charge in [-0.15, -0.1) is 12.4 Å². The molecule has 0 spiro atoms. The van der Waals surface area contributed by atoms with Gasteiger partial charge in [-0.1, -0.05) is 0 Å². The van der Waals surface area contributed by atoms with Crippen molar-refractivity contribution < 1.29 is 5.11 Å². The number of anilines is 2. The molecule has 1 aromatic carbocycles. The number of phenolic OH excluding ortho intramolecular Hbond substituents is 1. The number of nitrogen functional groups attached to an aromatic ring is 1. The van der Waals surface area contributed by atoms with Gasteiger partial charge in [0.2, 0.25) is 0 Å². The third-order valence-electron chi connectivity index (χ3n) is 1.29. The molecule has 0 amide bonds. The average molecular weight is 175 g/mol. The van der Waals surface area contributed by atoms with Gasteiger partial charge in [0.15, 0.2) is 0 Å². The molecule has 0 saturated heterocycles. The van der Waals surface area contributed by atoms with Crippen LogP contribution in [0.15, 0.2) is 18.2 Å². The van der Waals surface area contributed by atoms with Crippen molar-refractivity contribution in [2.45, 2.75) is 0 Å². The lowest BCUT2D eigenvalue weighted by molar-refractivity contribution is 0.477. The molecular weight excluding hydrogens is 164 g/mol. The lowest BCUT2D eigenvalue weighted by atomic mass is 10.2. The van der Waals surface area contributed by atoms with Crippen LogP contribution in [-0.4, -0.2) is 12.2 Å². The van der Waals surface area contributed by atoms with Gasteiger partial charge >= 0.3 is 0 Å². The van der Waals surface area contributed by atoms with E-state index in [9.17, 15) is 0 Å². The second-order valence-electron chi connectivity index (χ2n) is 2.03. The SMILES string of the molecule is CNc1cc(N)ccc1O.Cl. The van der Waals surface area contributed by atoms with Crippen LogP contribution in [0.1, 0.15) is 0 Å². The van der Waals surface area contributed by atoms with E-state index in [4.69, 9.17) is 10.8 Å².